The maximum atomic E-state index is 12.8. The van der Waals surface area contributed by atoms with Gasteiger partial charge in [0.05, 0.1) is 29.0 Å². The lowest BCUT2D eigenvalue weighted by atomic mass is 10.00. The van der Waals surface area contributed by atoms with E-state index in [0.717, 1.165) is 59.1 Å². The number of hydrogen-bond acceptors (Lipinski definition) is 4. The zero-order chi connectivity index (χ0) is 23.3. The Morgan fingerprint density at radius 2 is 1.71 bits per heavy atom. The molecule has 172 valence electrons. The van der Waals surface area contributed by atoms with Crippen molar-refractivity contribution in [2.45, 2.75) is 25.0 Å². The van der Waals surface area contributed by atoms with Gasteiger partial charge in [-0.1, -0.05) is 74.0 Å². The quantitative estimate of drug-likeness (QED) is 0.314. The highest BCUT2D eigenvalue weighted by molar-refractivity contribution is 8.00. The lowest BCUT2D eigenvalue weighted by Crippen LogP contribution is -2.15. The van der Waals surface area contributed by atoms with E-state index in [0.29, 0.717) is 5.75 Å². The zero-order valence-corrected chi connectivity index (χ0v) is 19.9. The van der Waals surface area contributed by atoms with Crippen molar-refractivity contribution in [1.82, 2.24) is 9.78 Å². The molecule has 0 unspecified atom stereocenters. The second-order valence-electron chi connectivity index (χ2n) is 8.23. The number of unbranched alkanes of at least 4 members (excludes halogenated alkanes) is 1. The first-order valence-electron chi connectivity index (χ1n) is 11.6. The van der Waals surface area contributed by atoms with Crippen molar-refractivity contribution in [3.05, 3.63) is 96.1 Å². The average molecular weight is 470 g/mol. The van der Waals surface area contributed by atoms with Crippen LogP contribution in [-0.2, 0) is 4.79 Å². The summed E-state index contributed by atoms with van der Waals surface area (Å²) in [4.78, 5) is 12.8. The molecule has 1 N–H and O–H groups in total. The number of fused-ring (bicyclic) bond motifs is 1. The lowest BCUT2D eigenvalue weighted by molar-refractivity contribution is -0.113. The van der Waals surface area contributed by atoms with E-state index in [1.54, 1.807) is 11.8 Å². The fourth-order valence-corrected chi connectivity index (χ4v) is 5.24. The molecule has 0 radical (unpaired) electrons. The Labute approximate surface area is 204 Å². The zero-order valence-electron chi connectivity index (χ0n) is 19.1. The predicted molar refractivity (Wildman–Crippen MR) is 139 cm³/mol. The van der Waals surface area contributed by atoms with Gasteiger partial charge in [-0.2, -0.15) is 5.10 Å². The number of benzene rings is 3. The van der Waals surface area contributed by atoms with Crippen molar-refractivity contribution in [3.8, 4) is 22.7 Å². The molecule has 1 aromatic heterocycles. The Morgan fingerprint density at radius 3 is 2.41 bits per heavy atom. The number of hydrogen-bond donors (Lipinski definition) is 1. The summed E-state index contributed by atoms with van der Waals surface area (Å²) in [6.45, 7) is 2.88. The molecule has 5 rings (SSSR count). The van der Waals surface area contributed by atoms with Crippen LogP contribution in [0.4, 0.5) is 5.82 Å². The van der Waals surface area contributed by atoms with E-state index < -0.39 is 0 Å². The first kappa shape index (κ1) is 22.3. The van der Waals surface area contributed by atoms with E-state index in [9.17, 15) is 4.79 Å². The Kier molecular flexibility index (Phi) is 6.67. The highest BCUT2D eigenvalue weighted by Gasteiger charge is 2.32. The Balaban J connectivity index is 1.63. The van der Waals surface area contributed by atoms with Crippen molar-refractivity contribution in [1.29, 1.82) is 0 Å². The maximum Gasteiger partial charge on any atom is 0.235 e. The summed E-state index contributed by atoms with van der Waals surface area (Å²) in [5.41, 5.74) is 4.95. The van der Waals surface area contributed by atoms with Gasteiger partial charge in [0.1, 0.15) is 11.6 Å². The van der Waals surface area contributed by atoms with Gasteiger partial charge in [0.2, 0.25) is 5.91 Å². The molecule has 0 saturated heterocycles. The van der Waals surface area contributed by atoms with Crippen molar-refractivity contribution in [3.63, 3.8) is 0 Å². The normalized spacial score (nSPS) is 15.3. The minimum Gasteiger partial charge on any atom is -0.494 e. The number of ether oxygens (including phenoxy) is 1. The predicted octanol–water partition coefficient (Wildman–Crippen LogP) is 6.49. The summed E-state index contributed by atoms with van der Waals surface area (Å²) >= 11 is 1.63. The second-order valence-corrected chi connectivity index (χ2v) is 9.33. The van der Waals surface area contributed by atoms with Crippen LogP contribution in [-0.4, -0.2) is 28.0 Å². The van der Waals surface area contributed by atoms with Crippen molar-refractivity contribution in [2.24, 2.45) is 0 Å². The topological polar surface area (TPSA) is 56.1 Å². The number of carbonyl (C=O) groups excluding carboxylic acids is 1. The van der Waals surface area contributed by atoms with Crippen LogP contribution in [0.2, 0.25) is 0 Å². The molecule has 0 aliphatic carbocycles. The van der Waals surface area contributed by atoms with Gasteiger partial charge in [-0.15, -0.1) is 11.8 Å². The first-order chi connectivity index (χ1) is 16.7. The van der Waals surface area contributed by atoms with Crippen molar-refractivity contribution < 1.29 is 9.53 Å². The summed E-state index contributed by atoms with van der Waals surface area (Å²) in [5.74, 6) is 1.95. The van der Waals surface area contributed by atoms with E-state index in [1.807, 2.05) is 65.3 Å². The van der Waals surface area contributed by atoms with Gasteiger partial charge in [0.25, 0.3) is 0 Å². The molecule has 34 heavy (non-hydrogen) atoms. The molecule has 1 amide bonds. The third-order valence-electron chi connectivity index (χ3n) is 5.82. The summed E-state index contributed by atoms with van der Waals surface area (Å²) in [6.07, 6.45) is 2.14. The number of rotatable bonds is 7. The molecular weight excluding hydrogens is 442 g/mol. The van der Waals surface area contributed by atoms with Gasteiger partial charge in [-0.05, 0) is 36.2 Å². The van der Waals surface area contributed by atoms with E-state index >= 15 is 0 Å². The van der Waals surface area contributed by atoms with Gasteiger partial charge >= 0.3 is 0 Å². The molecule has 1 aliphatic rings. The third kappa shape index (κ3) is 4.59. The van der Waals surface area contributed by atoms with Crippen LogP contribution in [0.5, 0.6) is 5.75 Å². The number of carbonyl (C=O) groups is 1. The van der Waals surface area contributed by atoms with Gasteiger partial charge in [0.15, 0.2) is 0 Å². The van der Waals surface area contributed by atoms with E-state index in [1.165, 1.54) is 0 Å². The van der Waals surface area contributed by atoms with Crippen LogP contribution >= 0.6 is 11.8 Å². The highest BCUT2D eigenvalue weighted by Crippen LogP contribution is 2.47. The number of nitrogens with zero attached hydrogens (tertiary/aromatic N) is 2. The molecule has 2 heterocycles. The summed E-state index contributed by atoms with van der Waals surface area (Å²) in [6, 6.07) is 28.4. The van der Waals surface area contributed by atoms with E-state index in [4.69, 9.17) is 9.84 Å². The first-order valence-corrected chi connectivity index (χ1v) is 12.7. The molecule has 4 aromatic rings. The van der Waals surface area contributed by atoms with Crippen LogP contribution in [0.15, 0.2) is 84.9 Å². The third-order valence-corrected chi connectivity index (χ3v) is 7.09. The summed E-state index contributed by atoms with van der Waals surface area (Å²) in [7, 11) is 0. The van der Waals surface area contributed by atoms with Crippen LogP contribution in [0.1, 0.15) is 36.1 Å². The number of amides is 1. The Hall–Kier alpha value is -3.51. The minimum absolute atomic E-state index is 0.0232. The number of aromatic nitrogens is 2. The van der Waals surface area contributed by atoms with Crippen LogP contribution in [0, 0.1) is 0 Å². The molecule has 0 spiro atoms. The van der Waals surface area contributed by atoms with Crippen LogP contribution in [0.3, 0.4) is 0 Å². The van der Waals surface area contributed by atoms with Gasteiger partial charge in [-0.25, -0.2) is 4.68 Å². The number of nitrogens with one attached hydrogen (secondary N) is 1. The molecule has 3 aromatic carbocycles. The molecule has 1 aliphatic heterocycles. The highest BCUT2D eigenvalue weighted by atomic mass is 32.2. The average Bonchev–Trinajstić information content (AvgIpc) is 3.16. The Morgan fingerprint density at radius 1 is 1.00 bits per heavy atom. The van der Waals surface area contributed by atoms with Crippen molar-refractivity contribution in [2.75, 3.05) is 17.7 Å². The number of anilines is 1. The van der Waals surface area contributed by atoms with Gasteiger partial charge in [-0.3, -0.25) is 4.79 Å². The summed E-state index contributed by atoms with van der Waals surface area (Å²) < 4.78 is 7.72. The molecular formula is C28H27N3O2S. The molecule has 0 bridgehead atoms. The monoisotopic (exact) mass is 469 g/mol. The molecule has 5 nitrogen and oxygen atoms in total. The van der Waals surface area contributed by atoms with Crippen molar-refractivity contribution >= 4 is 23.5 Å². The van der Waals surface area contributed by atoms with Gasteiger partial charge < -0.3 is 10.1 Å². The molecule has 0 saturated carbocycles. The fraction of sp³-hybridized carbons (Fsp3) is 0.214. The fourth-order valence-electron chi connectivity index (χ4n) is 4.11. The van der Waals surface area contributed by atoms with Crippen LogP contribution < -0.4 is 10.1 Å². The van der Waals surface area contributed by atoms with Gasteiger partial charge in [0, 0.05) is 11.1 Å². The second kappa shape index (κ2) is 10.2. The lowest BCUT2D eigenvalue weighted by Gasteiger charge is -2.17. The smallest absolute Gasteiger partial charge is 0.235 e. The Bertz CT molecular complexity index is 1250. The van der Waals surface area contributed by atoms with E-state index in [-0.39, 0.29) is 11.2 Å². The molecule has 1 atom stereocenters. The SMILES string of the molecule is CCCCOc1ccc([C@H]2SCC(=O)Nc3c2c(-c2ccccc2)nn3-c2ccccc2)cc1. The number of para-hydroxylation sites is 1. The molecule has 6 heteroatoms. The van der Waals surface area contributed by atoms with Crippen LogP contribution in [0.25, 0.3) is 16.9 Å². The maximum absolute atomic E-state index is 12.8. The minimum atomic E-state index is -0.0497. The molecule has 0 fully saturated rings. The summed E-state index contributed by atoms with van der Waals surface area (Å²) in [5, 5.41) is 8.11. The standard InChI is InChI=1S/C28H27N3O2S/c1-2-3-18-33-23-16-14-21(15-17-23)27-25-26(20-10-6-4-7-11-20)30-31(22-12-8-5-9-13-22)28(25)29-24(32)19-34-27/h4-17,27H,2-3,18-19H2,1H3,(H,29,32)/t27-/m1/s1. The number of thioether (sulfide) groups is 1. The van der Waals surface area contributed by atoms with E-state index in [2.05, 4.69) is 36.5 Å². The largest absolute Gasteiger partial charge is 0.494 e.